The molecule has 0 amide bonds. The zero-order chi connectivity index (χ0) is 13.9. The average molecular weight is 247 g/mol. The molecule has 0 aromatic carbocycles. The lowest BCUT2D eigenvalue weighted by molar-refractivity contribution is -0.177. The summed E-state index contributed by atoms with van der Waals surface area (Å²) in [6, 6.07) is -1.00. The maximum atomic E-state index is 11.9. The molecule has 17 heavy (non-hydrogen) atoms. The first kappa shape index (κ1) is 15.9. The Labute approximate surface area is 101 Å². The Morgan fingerprint density at radius 1 is 1.29 bits per heavy atom. The van der Waals surface area contributed by atoms with Crippen LogP contribution in [0.2, 0.25) is 0 Å². The fourth-order valence-electron chi connectivity index (χ4n) is 1.21. The summed E-state index contributed by atoms with van der Waals surface area (Å²) >= 11 is 0. The van der Waals surface area contributed by atoms with Gasteiger partial charge in [-0.05, 0) is 34.1 Å². The SMILES string of the molecule is CC(C)(C)OC(=O)[C@@](C)(C(=O)O)C(N)CCO. The molecule has 6 heteroatoms. The van der Waals surface area contributed by atoms with Crippen LogP contribution in [0.5, 0.6) is 0 Å². The van der Waals surface area contributed by atoms with E-state index in [0.29, 0.717) is 0 Å². The Kier molecular flexibility index (Phi) is 5.10. The number of hydrogen-bond donors (Lipinski definition) is 3. The van der Waals surface area contributed by atoms with E-state index in [-0.39, 0.29) is 13.0 Å². The fourth-order valence-corrected chi connectivity index (χ4v) is 1.21. The van der Waals surface area contributed by atoms with Crippen molar-refractivity contribution in [3.8, 4) is 0 Å². The minimum atomic E-state index is -1.85. The molecular weight excluding hydrogens is 226 g/mol. The van der Waals surface area contributed by atoms with Gasteiger partial charge in [-0.3, -0.25) is 9.59 Å². The summed E-state index contributed by atoms with van der Waals surface area (Å²) in [7, 11) is 0. The summed E-state index contributed by atoms with van der Waals surface area (Å²) in [4.78, 5) is 23.1. The van der Waals surface area contributed by atoms with E-state index in [9.17, 15) is 9.59 Å². The highest BCUT2D eigenvalue weighted by Crippen LogP contribution is 2.27. The van der Waals surface area contributed by atoms with Crippen LogP contribution < -0.4 is 5.73 Å². The van der Waals surface area contributed by atoms with Crippen LogP contribution in [0.15, 0.2) is 0 Å². The smallest absolute Gasteiger partial charge is 0.325 e. The van der Waals surface area contributed by atoms with E-state index in [1.165, 1.54) is 6.92 Å². The monoisotopic (exact) mass is 247 g/mol. The third kappa shape index (κ3) is 3.98. The van der Waals surface area contributed by atoms with Gasteiger partial charge in [0, 0.05) is 12.6 Å². The summed E-state index contributed by atoms with van der Waals surface area (Å²) in [6.07, 6.45) is 0.0159. The Morgan fingerprint density at radius 3 is 2.06 bits per heavy atom. The molecule has 0 spiro atoms. The van der Waals surface area contributed by atoms with Gasteiger partial charge >= 0.3 is 11.9 Å². The number of carbonyl (C=O) groups excluding carboxylic acids is 1. The Morgan fingerprint density at radius 2 is 1.76 bits per heavy atom. The van der Waals surface area contributed by atoms with Crippen molar-refractivity contribution < 1.29 is 24.5 Å². The third-order valence-electron chi connectivity index (χ3n) is 2.45. The van der Waals surface area contributed by atoms with Crippen LogP contribution >= 0.6 is 0 Å². The molecule has 0 aliphatic carbocycles. The Balaban J connectivity index is 5.08. The van der Waals surface area contributed by atoms with Crippen LogP contribution in [0.3, 0.4) is 0 Å². The van der Waals surface area contributed by atoms with Crippen molar-refractivity contribution in [3.05, 3.63) is 0 Å². The molecule has 0 fully saturated rings. The number of aliphatic hydroxyl groups is 1. The van der Waals surface area contributed by atoms with Crippen molar-refractivity contribution >= 4 is 11.9 Å². The van der Waals surface area contributed by atoms with Crippen molar-refractivity contribution in [2.45, 2.75) is 45.8 Å². The molecular formula is C11H21NO5. The molecule has 0 bridgehead atoms. The standard InChI is InChI=1S/C11H21NO5/c1-10(2,3)17-9(16)11(4,8(14)15)7(12)5-6-13/h7,13H,5-6,12H2,1-4H3,(H,14,15)/t7?,11-/m1/s1. The van der Waals surface area contributed by atoms with E-state index in [0.717, 1.165) is 0 Å². The van der Waals surface area contributed by atoms with Crippen molar-refractivity contribution in [2.24, 2.45) is 11.1 Å². The van der Waals surface area contributed by atoms with Crippen LogP contribution in [0, 0.1) is 5.41 Å². The zero-order valence-corrected chi connectivity index (χ0v) is 10.7. The molecule has 100 valence electrons. The van der Waals surface area contributed by atoms with Gasteiger partial charge < -0.3 is 20.7 Å². The summed E-state index contributed by atoms with van der Waals surface area (Å²) in [5, 5.41) is 17.9. The lowest BCUT2D eigenvalue weighted by Crippen LogP contribution is -2.53. The van der Waals surface area contributed by atoms with Gasteiger partial charge in [0.1, 0.15) is 5.60 Å². The molecule has 0 aliphatic heterocycles. The maximum absolute atomic E-state index is 11.9. The number of carboxylic acids is 1. The molecule has 0 aliphatic rings. The van der Waals surface area contributed by atoms with E-state index in [1.807, 2.05) is 0 Å². The number of aliphatic hydroxyl groups excluding tert-OH is 1. The number of carboxylic acid groups (broad SMARTS) is 1. The molecule has 4 N–H and O–H groups in total. The average Bonchev–Trinajstić information content (AvgIpc) is 2.13. The maximum Gasteiger partial charge on any atom is 0.325 e. The first-order valence-electron chi connectivity index (χ1n) is 5.39. The quantitative estimate of drug-likeness (QED) is 0.470. The second-order valence-electron chi connectivity index (χ2n) is 5.13. The summed E-state index contributed by atoms with van der Waals surface area (Å²) in [5.41, 5.74) is 3.01. The Bertz CT molecular complexity index is 297. The van der Waals surface area contributed by atoms with E-state index in [2.05, 4.69) is 0 Å². The molecule has 0 rings (SSSR count). The number of hydrogen-bond acceptors (Lipinski definition) is 5. The van der Waals surface area contributed by atoms with Crippen LogP contribution in [-0.2, 0) is 14.3 Å². The normalized spacial score (nSPS) is 17.1. The molecule has 2 atom stereocenters. The molecule has 0 radical (unpaired) electrons. The van der Waals surface area contributed by atoms with Crippen LogP contribution in [0.1, 0.15) is 34.1 Å². The van der Waals surface area contributed by atoms with Crippen molar-refractivity contribution in [2.75, 3.05) is 6.61 Å². The van der Waals surface area contributed by atoms with Gasteiger partial charge in [0.2, 0.25) is 0 Å². The van der Waals surface area contributed by atoms with E-state index in [4.69, 9.17) is 20.7 Å². The number of carbonyl (C=O) groups is 2. The summed E-state index contributed by atoms with van der Waals surface area (Å²) < 4.78 is 5.05. The van der Waals surface area contributed by atoms with E-state index < -0.39 is 29.0 Å². The molecule has 0 heterocycles. The fraction of sp³-hybridized carbons (Fsp3) is 0.818. The Hall–Kier alpha value is -1.14. The highest BCUT2D eigenvalue weighted by Gasteiger charge is 2.49. The molecule has 0 saturated carbocycles. The second-order valence-corrected chi connectivity index (χ2v) is 5.13. The van der Waals surface area contributed by atoms with Crippen molar-refractivity contribution in [1.29, 1.82) is 0 Å². The van der Waals surface area contributed by atoms with Crippen LogP contribution in [0.25, 0.3) is 0 Å². The van der Waals surface area contributed by atoms with Gasteiger partial charge in [0.25, 0.3) is 0 Å². The third-order valence-corrected chi connectivity index (χ3v) is 2.45. The topological polar surface area (TPSA) is 110 Å². The van der Waals surface area contributed by atoms with Crippen molar-refractivity contribution in [3.63, 3.8) is 0 Å². The zero-order valence-electron chi connectivity index (χ0n) is 10.7. The second kappa shape index (κ2) is 5.46. The molecule has 6 nitrogen and oxygen atoms in total. The van der Waals surface area contributed by atoms with Crippen molar-refractivity contribution in [1.82, 2.24) is 0 Å². The number of ether oxygens (including phenoxy) is 1. The number of nitrogens with two attached hydrogens (primary N) is 1. The summed E-state index contributed by atoms with van der Waals surface area (Å²) in [5.74, 6) is -2.24. The van der Waals surface area contributed by atoms with Gasteiger partial charge in [0.05, 0.1) is 0 Å². The number of aliphatic carboxylic acids is 1. The van der Waals surface area contributed by atoms with Gasteiger partial charge in [-0.1, -0.05) is 0 Å². The number of esters is 1. The molecule has 0 aromatic rings. The van der Waals surface area contributed by atoms with Gasteiger partial charge in [0.15, 0.2) is 5.41 Å². The predicted molar refractivity (Wildman–Crippen MR) is 61.3 cm³/mol. The lowest BCUT2D eigenvalue weighted by atomic mass is 9.81. The highest BCUT2D eigenvalue weighted by molar-refractivity contribution is 5.99. The first-order valence-corrected chi connectivity index (χ1v) is 5.39. The first-order chi connectivity index (χ1) is 7.55. The molecule has 0 aromatic heterocycles. The van der Waals surface area contributed by atoms with E-state index >= 15 is 0 Å². The predicted octanol–water partition coefficient (Wildman–Crippen LogP) is 0.129. The van der Waals surface area contributed by atoms with Crippen LogP contribution in [0.4, 0.5) is 0 Å². The highest BCUT2D eigenvalue weighted by atomic mass is 16.6. The largest absolute Gasteiger partial charge is 0.480 e. The van der Waals surface area contributed by atoms with Gasteiger partial charge in [-0.2, -0.15) is 0 Å². The van der Waals surface area contributed by atoms with Gasteiger partial charge in [-0.25, -0.2) is 0 Å². The van der Waals surface area contributed by atoms with Gasteiger partial charge in [-0.15, -0.1) is 0 Å². The summed E-state index contributed by atoms with van der Waals surface area (Å²) in [6.45, 7) is 5.86. The minimum Gasteiger partial charge on any atom is -0.480 e. The molecule has 0 saturated heterocycles. The molecule has 1 unspecified atom stereocenters. The van der Waals surface area contributed by atoms with E-state index in [1.54, 1.807) is 20.8 Å². The lowest BCUT2D eigenvalue weighted by Gasteiger charge is -2.32. The minimum absolute atomic E-state index is 0.0159. The number of rotatable bonds is 5. The van der Waals surface area contributed by atoms with Crippen LogP contribution in [-0.4, -0.2) is 40.4 Å².